The molecule has 0 saturated heterocycles. The zero-order valence-electron chi connectivity index (χ0n) is 10.4. The second-order valence-corrected chi connectivity index (χ2v) is 3.87. The van der Waals surface area contributed by atoms with E-state index < -0.39 is 5.97 Å². The number of ether oxygens (including phenoxy) is 2. The fraction of sp³-hybridized carbons (Fsp3) is 0.133. The topological polar surface area (TPSA) is 35.5 Å². The Kier molecular flexibility index (Phi) is 4.13. The average Bonchev–Trinajstić information content (AvgIpc) is 2.46. The standard InChI is InChI=1S/C15H13FO3/c1-18-15(17)12-7-3-5-9-14(12)19-10-11-6-2-4-8-13(11)16/h2-9H,10H2,1H3. The first-order chi connectivity index (χ1) is 9.22. The highest BCUT2D eigenvalue weighted by molar-refractivity contribution is 5.92. The highest BCUT2D eigenvalue weighted by Crippen LogP contribution is 2.20. The van der Waals surface area contributed by atoms with Crippen LogP contribution >= 0.6 is 0 Å². The number of hydrogen-bond acceptors (Lipinski definition) is 3. The Morgan fingerprint density at radius 1 is 1.11 bits per heavy atom. The van der Waals surface area contributed by atoms with Crippen LogP contribution in [0.3, 0.4) is 0 Å². The predicted molar refractivity (Wildman–Crippen MR) is 68.5 cm³/mol. The first-order valence-electron chi connectivity index (χ1n) is 5.76. The second kappa shape index (κ2) is 6.00. The van der Waals surface area contributed by atoms with Crippen molar-refractivity contribution in [1.29, 1.82) is 0 Å². The van der Waals surface area contributed by atoms with E-state index >= 15 is 0 Å². The van der Waals surface area contributed by atoms with Crippen LogP contribution in [0.5, 0.6) is 5.75 Å². The molecule has 0 aliphatic heterocycles. The number of carbonyl (C=O) groups excluding carboxylic acids is 1. The summed E-state index contributed by atoms with van der Waals surface area (Å²) in [5, 5.41) is 0. The van der Waals surface area contributed by atoms with Crippen molar-refractivity contribution in [2.75, 3.05) is 7.11 Å². The Balaban J connectivity index is 2.16. The summed E-state index contributed by atoms with van der Waals surface area (Å²) >= 11 is 0. The molecule has 0 amide bonds. The van der Waals surface area contributed by atoms with Crippen LogP contribution in [0.25, 0.3) is 0 Å². The Morgan fingerprint density at radius 2 is 1.79 bits per heavy atom. The third-order valence-electron chi connectivity index (χ3n) is 2.63. The van der Waals surface area contributed by atoms with Gasteiger partial charge in [-0.2, -0.15) is 0 Å². The van der Waals surface area contributed by atoms with Gasteiger partial charge in [0, 0.05) is 5.56 Å². The van der Waals surface area contributed by atoms with Crippen LogP contribution in [0.2, 0.25) is 0 Å². The molecular formula is C15H13FO3. The maximum absolute atomic E-state index is 13.4. The van der Waals surface area contributed by atoms with Gasteiger partial charge in [-0.05, 0) is 18.2 Å². The lowest BCUT2D eigenvalue weighted by Gasteiger charge is -2.10. The number of esters is 1. The van der Waals surface area contributed by atoms with Crippen molar-refractivity contribution in [3.63, 3.8) is 0 Å². The zero-order valence-corrected chi connectivity index (χ0v) is 10.4. The number of methoxy groups -OCH3 is 1. The molecule has 0 aromatic heterocycles. The van der Waals surface area contributed by atoms with E-state index in [1.54, 1.807) is 42.5 Å². The largest absolute Gasteiger partial charge is 0.488 e. The van der Waals surface area contributed by atoms with Gasteiger partial charge in [-0.15, -0.1) is 0 Å². The molecule has 0 spiro atoms. The molecule has 0 aliphatic carbocycles. The van der Waals surface area contributed by atoms with Crippen LogP contribution < -0.4 is 4.74 Å². The number of halogens is 1. The fourth-order valence-electron chi connectivity index (χ4n) is 1.64. The van der Waals surface area contributed by atoms with Crippen molar-refractivity contribution in [2.24, 2.45) is 0 Å². The number of carbonyl (C=O) groups is 1. The van der Waals surface area contributed by atoms with Crippen molar-refractivity contribution >= 4 is 5.97 Å². The number of benzene rings is 2. The molecule has 2 rings (SSSR count). The molecule has 19 heavy (non-hydrogen) atoms. The summed E-state index contributed by atoms with van der Waals surface area (Å²) in [6, 6.07) is 13.0. The molecule has 0 atom stereocenters. The summed E-state index contributed by atoms with van der Waals surface area (Å²) in [6.45, 7) is 0.0562. The summed E-state index contributed by atoms with van der Waals surface area (Å²) in [6.07, 6.45) is 0. The van der Waals surface area contributed by atoms with Gasteiger partial charge in [0.2, 0.25) is 0 Å². The quantitative estimate of drug-likeness (QED) is 0.792. The Labute approximate surface area is 110 Å². The Hall–Kier alpha value is -2.36. The summed E-state index contributed by atoms with van der Waals surface area (Å²) in [5.74, 6) is -0.445. The highest BCUT2D eigenvalue weighted by Gasteiger charge is 2.12. The fourth-order valence-corrected chi connectivity index (χ4v) is 1.64. The van der Waals surface area contributed by atoms with E-state index in [-0.39, 0.29) is 12.4 Å². The molecular weight excluding hydrogens is 247 g/mol. The van der Waals surface area contributed by atoms with Crippen molar-refractivity contribution in [3.05, 3.63) is 65.5 Å². The minimum absolute atomic E-state index is 0.0562. The maximum atomic E-state index is 13.4. The van der Waals surface area contributed by atoms with Crippen LogP contribution in [0, 0.1) is 5.82 Å². The van der Waals surface area contributed by atoms with E-state index in [1.165, 1.54) is 13.2 Å². The monoisotopic (exact) mass is 260 g/mol. The van der Waals surface area contributed by atoms with E-state index in [2.05, 4.69) is 4.74 Å². The summed E-state index contributed by atoms with van der Waals surface area (Å²) in [4.78, 5) is 11.5. The maximum Gasteiger partial charge on any atom is 0.341 e. The van der Waals surface area contributed by atoms with Gasteiger partial charge >= 0.3 is 5.97 Å². The molecule has 2 aromatic rings. The minimum atomic E-state index is -0.482. The van der Waals surface area contributed by atoms with Gasteiger partial charge in [0.15, 0.2) is 0 Å². The van der Waals surface area contributed by atoms with Crippen molar-refractivity contribution in [3.8, 4) is 5.75 Å². The van der Waals surface area contributed by atoms with Gasteiger partial charge in [-0.1, -0.05) is 30.3 Å². The third-order valence-corrected chi connectivity index (χ3v) is 2.63. The van der Waals surface area contributed by atoms with E-state index in [1.807, 2.05) is 0 Å². The van der Waals surface area contributed by atoms with Crippen LogP contribution in [-0.4, -0.2) is 13.1 Å². The van der Waals surface area contributed by atoms with E-state index in [0.717, 1.165) is 0 Å². The molecule has 0 unspecified atom stereocenters. The molecule has 0 fully saturated rings. The molecule has 0 N–H and O–H groups in total. The number of hydrogen-bond donors (Lipinski definition) is 0. The molecule has 0 radical (unpaired) electrons. The normalized spacial score (nSPS) is 10.0. The minimum Gasteiger partial charge on any atom is -0.488 e. The Morgan fingerprint density at radius 3 is 2.53 bits per heavy atom. The molecule has 0 bridgehead atoms. The zero-order chi connectivity index (χ0) is 13.7. The van der Waals surface area contributed by atoms with Crippen LogP contribution in [-0.2, 0) is 11.3 Å². The van der Waals surface area contributed by atoms with Crippen molar-refractivity contribution < 1.29 is 18.7 Å². The predicted octanol–water partition coefficient (Wildman–Crippen LogP) is 3.19. The number of rotatable bonds is 4. The first-order valence-corrected chi connectivity index (χ1v) is 5.76. The Bertz CT molecular complexity index is 581. The van der Waals surface area contributed by atoms with Crippen molar-refractivity contribution in [2.45, 2.75) is 6.61 Å². The van der Waals surface area contributed by atoms with Gasteiger partial charge in [0.25, 0.3) is 0 Å². The molecule has 98 valence electrons. The van der Waals surface area contributed by atoms with E-state index in [4.69, 9.17) is 4.74 Å². The third kappa shape index (κ3) is 3.10. The molecule has 4 heteroatoms. The highest BCUT2D eigenvalue weighted by atomic mass is 19.1. The smallest absolute Gasteiger partial charge is 0.341 e. The lowest BCUT2D eigenvalue weighted by Crippen LogP contribution is -2.06. The van der Waals surface area contributed by atoms with Crippen LogP contribution in [0.15, 0.2) is 48.5 Å². The lowest BCUT2D eigenvalue weighted by molar-refractivity contribution is 0.0595. The van der Waals surface area contributed by atoms with Gasteiger partial charge in [-0.25, -0.2) is 9.18 Å². The number of para-hydroxylation sites is 1. The van der Waals surface area contributed by atoms with E-state index in [9.17, 15) is 9.18 Å². The molecule has 2 aromatic carbocycles. The van der Waals surface area contributed by atoms with Gasteiger partial charge in [0.05, 0.1) is 7.11 Å². The summed E-state index contributed by atoms with van der Waals surface area (Å²) in [5.41, 5.74) is 0.753. The molecule has 0 aliphatic rings. The van der Waals surface area contributed by atoms with Gasteiger partial charge < -0.3 is 9.47 Å². The van der Waals surface area contributed by atoms with Crippen molar-refractivity contribution in [1.82, 2.24) is 0 Å². The molecule has 0 heterocycles. The second-order valence-electron chi connectivity index (χ2n) is 3.87. The van der Waals surface area contributed by atoms with Gasteiger partial charge in [-0.3, -0.25) is 0 Å². The summed E-state index contributed by atoms with van der Waals surface area (Å²) < 4.78 is 23.6. The SMILES string of the molecule is COC(=O)c1ccccc1OCc1ccccc1F. The first kappa shape index (κ1) is 13.1. The summed E-state index contributed by atoms with van der Waals surface area (Å²) in [7, 11) is 1.30. The van der Waals surface area contributed by atoms with Crippen LogP contribution in [0.4, 0.5) is 4.39 Å². The molecule has 0 saturated carbocycles. The van der Waals surface area contributed by atoms with Crippen LogP contribution in [0.1, 0.15) is 15.9 Å². The van der Waals surface area contributed by atoms with E-state index in [0.29, 0.717) is 16.9 Å². The van der Waals surface area contributed by atoms with Gasteiger partial charge in [0.1, 0.15) is 23.7 Å². The molecule has 3 nitrogen and oxygen atoms in total. The average molecular weight is 260 g/mol. The lowest BCUT2D eigenvalue weighted by atomic mass is 10.2.